The summed E-state index contributed by atoms with van der Waals surface area (Å²) in [6.45, 7) is 5.06. The van der Waals surface area contributed by atoms with Crippen LogP contribution in [0.1, 0.15) is 44.9 Å². The van der Waals surface area contributed by atoms with E-state index in [-0.39, 0.29) is 11.8 Å². The maximum atomic E-state index is 11.3. The Morgan fingerprint density at radius 2 is 2.35 bits per heavy atom. The van der Waals surface area contributed by atoms with Gasteiger partial charge in [0.05, 0.1) is 5.92 Å². The van der Waals surface area contributed by atoms with E-state index in [2.05, 4.69) is 24.0 Å². The lowest BCUT2D eigenvalue weighted by molar-refractivity contribution is -0.142. The molecule has 0 radical (unpaired) electrons. The van der Waals surface area contributed by atoms with Crippen LogP contribution < -0.4 is 0 Å². The molecule has 0 bridgehead atoms. The molecule has 5 heteroatoms. The van der Waals surface area contributed by atoms with Crippen LogP contribution in [0.5, 0.6) is 0 Å². The molecule has 1 fully saturated rings. The third kappa shape index (κ3) is 2.33. The maximum Gasteiger partial charge on any atom is 0.307 e. The molecule has 2 rings (SSSR count). The summed E-state index contributed by atoms with van der Waals surface area (Å²) in [6, 6.07) is 0. The molecule has 0 saturated heterocycles. The van der Waals surface area contributed by atoms with Crippen molar-refractivity contribution in [3.63, 3.8) is 0 Å². The highest BCUT2D eigenvalue weighted by molar-refractivity contribution is 5.71. The van der Waals surface area contributed by atoms with E-state index in [1.165, 1.54) is 0 Å². The monoisotopic (exact) mass is 237 g/mol. The maximum absolute atomic E-state index is 11.3. The number of rotatable bonds is 4. The van der Waals surface area contributed by atoms with E-state index in [9.17, 15) is 9.90 Å². The van der Waals surface area contributed by atoms with Crippen LogP contribution in [0.15, 0.2) is 6.33 Å². The van der Waals surface area contributed by atoms with Gasteiger partial charge in [0.1, 0.15) is 12.2 Å². The second kappa shape index (κ2) is 4.85. The zero-order valence-electron chi connectivity index (χ0n) is 10.3. The SMILES string of the molecule is CCCn1cnnc1C1CC(C)CC1C(=O)O. The lowest BCUT2D eigenvalue weighted by atomic mass is 9.95. The van der Waals surface area contributed by atoms with E-state index in [1.54, 1.807) is 6.33 Å². The molecule has 5 nitrogen and oxygen atoms in total. The zero-order chi connectivity index (χ0) is 12.4. The first kappa shape index (κ1) is 12.1. The Kier molecular flexibility index (Phi) is 3.45. The Morgan fingerprint density at radius 3 is 3.00 bits per heavy atom. The van der Waals surface area contributed by atoms with Crippen LogP contribution in [0, 0.1) is 11.8 Å². The minimum absolute atomic E-state index is 0.0246. The van der Waals surface area contributed by atoms with Crippen LogP contribution in [0.3, 0.4) is 0 Å². The molecule has 0 aliphatic heterocycles. The molecular weight excluding hydrogens is 218 g/mol. The fraction of sp³-hybridized carbons (Fsp3) is 0.750. The summed E-state index contributed by atoms with van der Waals surface area (Å²) < 4.78 is 2.00. The molecular formula is C12H19N3O2. The van der Waals surface area contributed by atoms with Gasteiger partial charge in [-0.3, -0.25) is 4.79 Å². The lowest BCUT2D eigenvalue weighted by Crippen LogP contribution is -2.20. The van der Waals surface area contributed by atoms with E-state index in [1.807, 2.05) is 4.57 Å². The molecule has 3 atom stereocenters. The molecule has 94 valence electrons. The number of nitrogens with zero attached hydrogens (tertiary/aromatic N) is 3. The highest BCUT2D eigenvalue weighted by Gasteiger charge is 2.40. The third-order valence-corrected chi connectivity index (χ3v) is 3.56. The first-order valence-electron chi connectivity index (χ1n) is 6.24. The van der Waals surface area contributed by atoms with Gasteiger partial charge >= 0.3 is 5.97 Å². The van der Waals surface area contributed by atoms with Crippen LogP contribution in [-0.4, -0.2) is 25.8 Å². The third-order valence-electron chi connectivity index (χ3n) is 3.56. The van der Waals surface area contributed by atoms with Gasteiger partial charge in [-0.05, 0) is 25.2 Å². The van der Waals surface area contributed by atoms with Gasteiger partial charge in [-0.25, -0.2) is 0 Å². The predicted molar refractivity (Wildman–Crippen MR) is 62.6 cm³/mol. The fourth-order valence-electron chi connectivity index (χ4n) is 2.81. The van der Waals surface area contributed by atoms with Gasteiger partial charge in [0.25, 0.3) is 0 Å². The molecule has 1 aliphatic carbocycles. The van der Waals surface area contributed by atoms with E-state index in [4.69, 9.17) is 0 Å². The minimum Gasteiger partial charge on any atom is -0.481 e. The van der Waals surface area contributed by atoms with E-state index in [0.29, 0.717) is 5.92 Å². The van der Waals surface area contributed by atoms with Gasteiger partial charge in [0.2, 0.25) is 0 Å². The van der Waals surface area contributed by atoms with Crippen molar-refractivity contribution in [1.82, 2.24) is 14.8 Å². The summed E-state index contributed by atoms with van der Waals surface area (Å²) in [5.41, 5.74) is 0. The van der Waals surface area contributed by atoms with Gasteiger partial charge in [-0.15, -0.1) is 10.2 Å². The van der Waals surface area contributed by atoms with Gasteiger partial charge < -0.3 is 9.67 Å². The van der Waals surface area contributed by atoms with E-state index >= 15 is 0 Å². The highest BCUT2D eigenvalue weighted by atomic mass is 16.4. The lowest BCUT2D eigenvalue weighted by Gasteiger charge is -2.15. The average molecular weight is 237 g/mol. The van der Waals surface area contributed by atoms with Gasteiger partial charge in [0, 0.05) is 12.5 Å². The van der Waals surface area contributed by atoms with E-state index in [0.717, 1.165) is 31.6 Å². The van der Waals surface area contributed by atoms with Gasteiger partial charge in [-0.2, -0.15) is 0 Å². The Bertz CT molecular complexity index is 402. The molecule has 1 aromatic rings. The van der Waals surface area contributed by atoms with Crippen LogP contribution in [0.25, 0.3) is 0 Å². The van der Waals surface area contributed by atoms with Crippen LogP contribution in [-0.2, 0) is 11.3 Å². The Balaban J connectivity index is 2.25. The minimum atomic E-state index is -0.703. The Morgan fingerprint density at radius 1 is 1.59 bits per heavy atom. The average Bonchev–Trinajstić information content (AvgIpc) is 2.84. The predicted octanol–water partition coefficient (Wildman–Crippen LogP) is 1.90. The molecule has 0 aromatic carbocycles. The second-order valence-electron chi connectivity index (χ2n) is 5.01. The summed E-state index contributed by atoms with van der Waals surface area (Å²) in [5, 5.41) is 17.3. The second-order valence-corrected chi connectivity index (χ2v) is 5.01. The summed E-state index contributed by atoms with van der Waals surface area (Å²) in [6.07, 6.45) is 4.37. The largest absolute Gasteiger partial charge is 0.481 e. The number of hydrogen-bond donors (Lipinski definition) is 1. The molecule has 17 heavy (non-hydrogen) atoms. The number of carboxylic acid groups (broad SMARTS) is 1. The molecule has 1 heterocycles. The Labute approximate surface area is 101 Å². The first-order chi connectivity index (χ1) is 8.13. The molecule has 0 spiro atoms. The summed E-state index contributed by atoms with van der Waals surface area (Å²) in [7, 11) is 0. The summed E-state index contributed by atoms with van der Waals surface area (Å²) in [5.74, 6) is 0.322. The van der Waals surface area contributed by atoms with Crippen molar-refractivity contribution >= 4 is 5.97 Å². The number of carboxylic acids is 1. The van der Waals surface area contributed by atoms with Gasteiger partial charge in [0.15, 0.2) is 0 Å². The topological polar surface area (TPSA) is 68.0 Å². The standard InChI is InChI=1S/C12H19N3O2/c1-3-4-15-7-13-14-11(15)9-5-8(2)6-10(9)12(16)17/h7-10H,3-6H2,1-2H3,(H,16,17). The van der Waals surface area contributed by atoms with Crippen molar-refractivity contribution in [2.75, 3.05) is 0 Å². The van der Waals surface area contributed by atoms with Crippen molar-refractivity contribution in [2.45, 2.75) is 45.6 Å². The van der Waals surface area contributed by atoms with Crippen LogP contribution in [0.2, 0.25) is 0 Å². The molecule has 3 unspecified atom stereocenters. The molecule has 1 aromatic heterocycles. The highest BCUT2D eigenvalue weighted by Crippen LogP contribution is 2.42. The number of aryl methyl sites for hydroxylation is 1. The summed E-state index contributed by atoms with van der Waals surface area (Å²) >= 11 is 0. The Hall–Kier alpha value is -1.39. The van der Waals surface area contributed by atoms with Crippen molar-refractivity contribution < 1.29 is 9.90 Å². The van der Waals surface area contributed by atoms with Gasteiger partial charge in [-0.1, -0.05) is 13.8 Å². The first-order valence-corrected chi connectivity index (χ1v) is 6.24. The van der Waals surface area contributed by atoms with Crippen LogP contribution in [0.4, 0.5) is 0 Å². The van der Waals surface area contributed by atoms with Crippen molar-refractivity contribution in [3.05, 3.63) is 12.2 Å². The number of aromatic nitrogens is 3. The summed E-state index contributed by atoms with van der Waals surface area (Å²) in [4.78, 5) is 11.3. The molecule has 0 amide bonds. The number of aliphatic carboxylic acids is 1. The molecule has 1 saturated carbocycles. The number of carbonyl (C=O) groups is 1. The fourth-order valence-corrected chi connectivity index (χ4v) is 2.81. The van der Waals surface area contributed by atoms with Crippen molar-refractivity contribution in [1.29, 1.82) is 0 Å². The van der Waals surface area contributed by atoms with Crippen LogP contribution >= 0.6 is 0 Å². The normalized spacial score (nSPS) is 28.5. The van der Waals surface area contributed by atoms with Crippen molar-refractivity contribution in [2.24, 2.45) is 11.8 Å². The number of hydrogen-bond acceptors (Lipinski definition) is 3. The zero-order valence-corrected chi connectivity index (χ0v) is 10.3. The van der Waals surface area contributed by atoms with Crippen molar-refractivity contribution in [3.8, 4) is 0 Å². The quantitative estimate of drug-likeness (QED) is 0.868. The smallest absolute Gasteiger partial charge is 0.307 e. The molecule has 1 aliphatic rings. The van der Waals surface area contributed by atoms with E-state index < -0.39 is 5.97 Å². The molecule has 1 N–H and O–H groups in total.